The van der Waals surface area contributed by atoms with Gasteiger partial charge in [-0.25, -0.2) is 0 Å². The number of rotatable bonds is 4. The van der Waals surface area contributed by atoms with E-state index in [1.807, 2.05) is 30.8 Å². The zero-order valence-corrected chi connectivity index (χ0v) is 12.4. The summed E-state index contributed by atoms with van der Waals surface area (Å²) in [7, 11) is 0. The molecule has 0 spiro atoms. The van der Waals surface area contributed by atoms with Gasteiger partial charge in [-0.2, -0.15) is 5.10 Å². The number of aryl methyl sites for hydroxylation is 1. The highest BCUT2D eigenvalue weighted by Crippen LogP contribution is 2.35. The fourth-order valence-electron chi connectivity index (χ4n) is 2.13. The van der Waals surface area contributed by atoms with Gasteiger partial charge in [0.2, 0.25) is 0 Å². The van der Waals surface area contributed by atoms with Crippen molar-refractivity contribution in [1.82, 2.24) is 9.78 Å². The molecular weight excluding hydrogens is 260 g/mol. The number of aliphatic hydroxyl groups is 1. The minimum atomic E-state index is -0.446. The van der Waals surface area contributed by atoms with Crippen LogP contribution in [0.5, 0.6) is 0 Å². The Bertz CT molecular complexity index is 611. The molecule has 0 aliphatic heterocycles. The maximum atomic E-state index is 11.7. The van der Waals surface area contributed by atoms with Gasteiger partial charge in [-0.15, -0.1) is 11.3 Å². The maximum Gasteiger partial charge on any atom is 0.189 e. The number of hydrogen-bond acceptors (Lipinski definition) is 4. The Hall–Kier alpha value is -1.46. The molecule has 0 aliphatic carbocycles. The summed E-state index contributed by atoms with van der Waals surface area (Å²) in [5, 5.41) is 13.6. The first-order valence-corrected chi connectivity index (χ1v) is 7.07. The standard InChI is InChI=1S/C14H18N2O2S/c1-8(2)16-6-5-11(15-16)14-9(3)13(10(4)19-14)12(18)7-17/h5-6,8,17H,7H2,1-4H3. The minimum absolute atomic E-state index is 0.221. The predicted molar refractivity (Wildman–Crippen MR) is 76.8 cm³/mol. The number of aliphatic hydroxyl groups excluding tert-OH is 1. The van der Waals surface area contributed by atoms with Crippen molar-refractivity contribution in [3.63, 3.8) is 0 Å². The molecule has 0 fully saturated rings. The highest BCUT2D eigenvalue weighted by Gasteiger charge is 2.20. The molecular formula is C14H18N2O2S. The van der Waals surface area contributed by atoms with Gasteiger partial charge in [0.1, 0.15) is 12.3 Å². The van der Waals surface area contributed by atoms with Crippen LogP contribution in [0, 0.1) is 13.8 Å². The zero-order chi connectivity index (χ0) is 14.2. The van der Waals surface area contributed by atoms with Crippen LogP contribution in [0.3, 0.4) is 0 Å². The molecule has 1 N–H and O–H groups in total. The minimum Gasteiger partial charge on any atom is -0.388 e. The SMILES string of the molecule is Cc1sc(-c2ccn(C(C)C)n2)c(C)c1C(=O)CO. The van der Waals surface area contributed by atoms with E-state index in [4.69, 9.17) is 5.11 Å². The molecule has 0 aliphatic rings. The Morgan fingerprint density at radius 2 is 2.16 bits per heavy atom. The van der Waals surface area contributed by atoms with Crippen LogP contribution in [0.25, 0.3) is 10.6 Å². The first kappa shape index (κ1) is 14.0. The molecule has 0 atom stereocenters. The summed E-state index contributed by atoms with van der Waals surface area (Å²) in [6, 6.07) is 2.28. The Kier molecular flexibility index (Phi) is 3.87. The average molecular weight is 278 g/mol. The third-order valence-corrected chi connectivity index (χ3v) is 4.35. The lowest BCUT2D eigenvalue weighted by Gasteiger charge is -2.03. The third kappa shape index (κ3) is 2.48. The van der Waals surface area contributed by atoms with Crippen molar-refractivity contribution >= 4 is 17.1 Å². The second-order valence-electron chi connectivity index (χ2n) is 4.84. The number of aromatic nitrogens is 2. The molecule has 0 aromatic carbocycles. The van der Waals surface area contributed by atoms with Crippen molar-refractivity contribution in [3.8, 4) is 10.6 Å². The lowest BCUT2D eigenvalue weighted by Crippen LogP contribution is -2.06. The summed E-state index contributed by atoms with van der Waals surface area (Å²) in [5.74, 6) is -0.221. The molecule has 5 heteroatoms. The summed E-state index contributed by atoms with van der Waals surface area (Å²) < 4.78 is 1.90. The van der Waals surface area contributed by atoms with Crippen molar-refractivity contribution in [2.45, 2.75) is 33.7 Å². The van der Waals surface area contributed by atoms with E-state index in [0.717, 1.165) is 21.0 Å². The zero-order valence-electron chi connectivity index (χ0n) is 11.6. The molecule has 2 aromatic rings. The van der Waals surface area contributed by atoms with E-state index in [9.17, 15) is 4.79 Å². The highest BCUT2D eigenvalue weighted by molar-refractivity contribution is 7.16. The molecule has 0 saturated carbocycles. The fourth-order valence-corrected chi connectivity index (χ4v) is 3.28. The van der Waals surface area contributed by atoms with Crippen LogP contribution in [-0.4, -0.2) is 27.3 Å². The molecule has 19 heavy (non-hydrogen) atoms. The molecule has 4 nitrogen and oxygen atoms in total. The largest absolute Gasteiger partial charge is 0.388 e. The van der Waals surface area contributed by atoms with E-state index in [1.165, 1.54) is 0 Å². The monoisotopic (exact) mass is 278 g/mol. The summed E-state index contributed by atoms with van der Waals surface area (Å²) in [6.07, 6.45) is 1.95. The molecule has 0 radical (unpaired) electrons. The van der Waals surface area contributed by atoms with Crippen LogP contribution in [0.1, 0.15) is 40.7 Å². The van der Waals surface area contributed by atoms with Gasteiger partial charge < -0.3 is 5.11 Å². The number of hydrogen-bond donors (Lipinski definition) is 1. The maximum absolute atomic E-state index is 11.7. The smallest absolute Gasteiger partial charge is 0.189 e. The molecule has 0 amide bonds. The van der Waals surface area contributed by atoms with Gasteiger partial charge in [0, 0.05) is 22.7 Å². The van der Waals surface area contributed by atoms with Crippen molar-refractivity contribution in [1.29, 1.82) is 0 Å². The average Bonchev–Trinajstić information content (AvgIpc) is 2.94. The number of ketones is 1. The van der Waals surface area contributed by atoms with Gasteiger partial charge in [-0.05, 0) is 39.3 Å². The summed E-state index contributed by atoms with van der Waals surface area (Å²) in [6.45, 7) is 7.52. The Balaban J connectivity index is 2.48. The van der Waals surface area contributed by atoms with Crippen molar-refractivity contribution in [2.24, 2.45) is 0 Å². The van der Waals surface area contributed by atoms with Crippen LogP contribution in [0.15, 0.2) is 12.3 Å². The fraction of sp³-hybridized carbons (Fsp3) is 0.429. The van der Waals surface area contributed by atoms with Gasteiger partial charge in [-0.1, -0.05) is 0 Å². The van der Waals surface area contributed by atoms with Gasteiger partial charge in [0.05, 0.1) is 4.88 Å². The Labute approximate surface area is 116 Å². The van der Waals surface area contributed by atoms with Crippen LogP contribution in [0.2, 0.25) is 0 Å². The predicted octanol–water partition coefficient (Wildman–Crippen LogP) is 2.98. The first-order chi connectivity index (χ1) is 8.95. The lowest BCUT2D eigenvalue weighted by atomic mass is 10.1. The summed E-state index contributed by atoms with van der Waals surface area (Å²) in [5.41, 5.74) is 2.44. The summed E-state index contributed by atoms with van der Waals surface area (Å²) in [4.78, 5) is 13.7. The number of nitrogens with zero attached hydrogens (tertiary/aromatic N) is 2. The highest BCUT2D eigenvalue weighted by atomic mass is 32.1. The van der Waals surface area contributed by atoms with Gasteiger partial charge >= 0.3 is 0 Å². The van der Waals surface area contributed by atoms with Gasteiger partial charge in [-0.3, -0.25) is 9.48 Å². The van der Waals surface area contributed by atoms with Gasteiger partial charge in [0.25, 0.3) is 0 Å². The van der Waals surface area contributed by atoms with Crippen molar-refractivity contribution < 1.29 is 9.90 Å². The molecule has 0 bridgehead atoms. The molecule has 2 heterocycles. The molecule has 0 saturated heterocycles. The second kappa shape index (κ2) is 5.27. The third-order valence-electron chi connectivity index (χ3n) is 3.12. The van der Waals surface area contributed by atoms with Crippen molar-refractivity contribution in [3.05, 3.63) is 28.3 Å². The second-order valence-corrected chi connectivity index (χ2v) is 6.07. The molecule has 2 aromatic heterocycles. The number of carbonyl (C=O) groups is 1. The van der Waals surface area contributed by atoms with E-state index in [2.05, 4.69) is 18.9 Å². The topological polar surface area (TPSA) is 55.1 Å². The van der Waals surface area contributed by atoms with Crippen LogP contribution in [0.4, 0.5) is 0 Å². The van der Waals surface area contributed by atoms with E-state index in [-0.39, 0.29) is 5.78 Å². The van der Waals surface area contributed by atoms with E-state index in [0.29, 0.717) is 11.6 Å². The van der Waals surface area contributed by atoms with Crippen LogP contribution < -0.4 is 0 Å². The Morgan fingerprint density at radius 3 is 2.68 bits per heavy atom. The quantitative estimate of drug-likeness (QED) is 0.875. The van der Waals surface area contributed by atoms with Crippen LogP contribution in [-0.2, 0) is 0 Å². The van der Waals surface area contributed by atoms with Crippen LogP contribution >= 0.6 is 11.3 Å². The molecule has 102 valence electrons. The van der Waals surface area contributed by atoms with E-state index in [1.54, 1.807) is 11.3 Å². The summed E-state index contributed by atoms with van der Waals surface area (Å²) >= 11 is 1.56. The Morgan fingerprint density at radius 1 is 1.47 bits per heavy atom. The normalized spacial score (nSPS) is 11.3. The number of carbonyl (C=O) groups excluding carboxylic acids is 1. The molecule has 0 unspecified atom stereocenters. The van der Waals surface area contributed by atoms with Crippen molar-refractivity contribution in [2.75, 3.05) is 6.61 Å². The van der Waals surface area contributed by atoms with Gasteiger partial charge in [0.15, 0.2) is 5.78 Å². The first-order valence-electron chi connectivity index (χ1n) is 6.25. The molecule has 2 rings (SSSR count). The number of thiophene rings is 1. The van der Waals surface area contributed by atoms with E-state index < -0.39 is 6.61 Å². The lowest BCUT2D eigenvalue weighted by molar-refractivity contribution is 0.0903. The van der Waals surface area contributed by atoms with E-state index >= 15 is 0 Å². The number of Topliss-reactive ketones (excluding diaryl/α,β-unsaturated/α-hetero) is 1.